The SMILES string of the molecule is OC(c1ccc(Br)cc1)(c1ccccc1F)C(F)(F)F. The summed E-state index contributed by atoms with van der Waals surface area (Å²) in [5.41, 5.74) is -4.66. The zero-order chi connectivity index (χ0) is 15.0. The molecule has 2 aromatic rings. The van der Waals surface area contributed by atoms with Gasteiger partial charge in [-0.25, -0.2) is 4.39 Å². The second kappa shape index (κ2) is 5.18. The lowest BCUT2D eigenvalue weighted by Crippen LogP contribution is -2.44. The molecule has 0 amide bonds. The number of hydrogen-bond acceptors (Lipinski definition) is 1. The molecule has 1 unspecified atom stereocenters. The van der Waals surface area contributed by atoms with Crippen molar-refractivity contribution in [1.29, 1.82) is 0 Å². The number of hydrogen-bond donors (Lipinski definition) is 1. The molecule has 0 aliphatic rings. The maximum Gasteiger partial charge on any atom is 0.425 e. The molecule has 2 aromatic carbocycles. The summed E-state index contributed by atoms with van der Waals surface area (Å²) in [6.07, 6.45) is -5.05. The minimum atomic E-state index is -5.05. The van der Waals surface area contributed by atoms with E-state index in [1.54, 1.807) is 0 Å². The fourth-order valence-electron chi connectivity index (χ4n) is 1.92. The number of aliphatic hydroxyl groups is 1. The number of halogens is 5. The molecule has 0 saturated heterocycles. The summed E-state index contributed by atoms with van der Waals surface area (Å²) in [5.74, 6) is -1.12. The summed E-state index contributed by atoms with van der Waals surface area (Å²) in [7, 11) is 0. The third-order valence-corrected chi connectivity index (χ3v) is 3.46. The first-order valence-corrected chi connectivity index (χ1v) is 6.36. The minimum absolute atomic E-state index is 0.446. The van der Waals surface area contributed by atoms with Crippen LogP contribution in [0.15, 0.2) is 53.0 Å². The van der Waals surface area contributed by atoms with Crippen LogP contribution in [0.2, 0.25) is 0 Å². The van der Waals surface area contributed by atoms with E-state index in [0.717, 1.165) is 24.3 Å². The Labute approximate surface area is 121 Å². The normalized spacial score (nSPS) is 14.9. The van der Waals surface area contributed by atoms with Gasteiger partial charge in [-0.05, 0) is 23.8 Å². The van der Waals surface area contributed by atoms with Crippen molar-refractivity contribution in [2.75, 3.05) is 0 Å². The minimum Gasteiger partial charge on any atom is -0.372 e. The molecule has 0 aliphatic carbocycles. The molecule has 1 N–H and O–H groups in total. The quantitative estimate of drug-likeness (QED) is 0.798. The Morgan fingerprint density at radius 3 is 1.95 bits per heavy atom. The molecule has 0 saturated carbocycles. The van der Waals surface area contributed by atoms with E-state index in [1.165, 1.54) is 24.3 Å². The van der Waals surface area contributed by atoms with Gasteiger partial charge in [0, 0.05) is 10.0 Å². The van der Waals surface area contributed by atoms with Crippen LogP contribution in [0.25, 0.3) is 0 Å². The molecule has 0 fully saturated rings. The third kappa shape index (κ3) is 2.45. The average molecular weight is 349 g/mol. The predicted octanol–water partition coefficient (Wildman–Crippen LogP) is 4.39. The van der Waals surface area contributed by atoms with Crippen LogP contribution in [-0.2, 0) is 5.60 Å². The number of rotatable bonds is 2. The van der Waals surface area contributed by atoms with Crippen LogP contribution in [-0.4, -0.2) is 11.3 Å². The lowest BCUT2D eigenvalue weighted by Gasteiger charge is -2.31. The van der Waals surface area contributed by atoms with Crippen molar-refractivity contribution in [2.45, 2.75) is 11.8 Å². The van der Waals surface area contributed by atoms with E-state index in [2.05, 4.69) is 15.9 Å². The van der Waals surface area contributed by atoms with Gasteiger partial charge >= 0.3 is 6.18 Å². The van der Waals surface area contributed by atoms with Gasteiger partial charge in [-0.2, -0.15) is 13.2 Å². The lowest BCUT2D eigenvalue weighted by molar-refractivity contribution is -0.249. The first-order chi connectivity index (χ1) is 9.26. The molecule has 0 spiro atoms. The Bertz CT molecular complexity index is 609. The van der Waals surface area contributed by atoms with Crippen LogP contribution in [0.3, 0.4) is 0 Å². The molecule has 1 atom stereocenters. The molecule has 0 aliphatic heterocycles. The Hall–Kier alpha value is -1.40. The summed E-state index contributed by atoms with van der Waals surface area (Å²) in [5, 5.41) is 10.2. The second-order valence-electron chi connectivity index (χ2n) is 4.19. The molecule has 0 heterocycles. The monoisotopic (exact) mass is 348 g/mol. The van der Waals surface area contributed by atoms with Crippen molar-refractivity contribution in [3.05, 3.63) is 69.9 Å². The summed E-state index contributed by atoms with van der Waals surface area (Å²) in [6.45, 7) is 0. The van der Waals surface area contributed by atoms with Gasteiger partial charge in [-0.3, -0.25) is 0 Å². The Balaban J connectivity index is 2.70. The smallest absolute Gasteiger partial charge is 0.372 e. The molecule has 6 heteroatoms. The van der Waals surface area contributed by atoms with E-state index in [9.17, 15) is 22.7 Å². The molecular weight excluding hydrogens is 340 g/mol. The van der Waals surface area contributed by atoms with Gasteiger partial charge in [0.15, 0.2) is 0 Å². The van der Waals surface area contributed by atoms with Gasteiger partial charge in [0.2, 0.25) is 5.60 Å². The van der Waals surface area contributed by atoms with Gasteiger partial charge in [0.1, 0.15) is 5.82 Å². The van der Waals surface area contributed by atoms with Crippen LogP contribution in [0.5, 0.6) is 0 Å². The van der Waals surface area contributed by atoms with Crippen molar-refractivity contribution < 1.29 is 22.7 Å². The highest BCUT2D eigenvalue weighted by molar-refractivity contribution is 9.10. The molecule has 20 heavy (non-hydrogen) atoms. The van der Waals surface area contributed by atoms with Crippen molar-refractivity contribution >= 4 is 15.9 Å². The van der Waals surface area contributed by atoms with Crippen molar-refractivity contribution in [3.63, 3.8) is 0 Å². The maximum absolute atomic E-state index is 13.7. The zero-order valence-corrected chi connectivity index (χ0v) is 11.5. The van der Waals surface area contributed by atoms with Crippen LogP contribution in [0, 0.1) is 5.82 Å². The molecular formula is C14H9BrF4O. The fourth-order valence-corrected chi connectivity index (χ4v) is 2.18. The molecule has 0 aromatic heterocycles. The number of alkyl halides is 3. The van der Waals surface area contributed by atoms with Crippen molar-refractivity contribution in [1.82, 2.24) is 0 Å². The average Bonchev–Trinajstić information content (AvgIpc) is 2.38. The molecule has 0 radical (unpaired) electrons. The fraction of sp³-hybridized carbons (Fsp3) is 0.143. The van der Waals surface area contributed by atoms with E-state index in [-0.39, 0.29) is 0 Å². The summed E-state index contributed by atoms with van der Waals surface area (Å²) in [4.78, 5) is 0. The van der Waals surface area contributed by atoms with E-state index in [1.807, 2.05) is 0 Å². The maximum atomic E-state index is 13.7. The Kier molecular flexibility index (Phi) is 3.88. The zero-order valence-electron chi connectivity index (χ0n) is 9.96. The van der Waals surface area contributed by atoms with Crippen LogP contribution in [0.1, 0.15) is 11.1 Å². The van der Waals surface area contributed by atoms with E-state index in [0.29, 0.717) is 4.47 Å². The number of benzene rings is 2. The van der Waals surface area contributed by atoms with Gasteiger partial charge in [-0.1, -0.05) is 46.3 Å². The van der Waals surface area contributed by atoms with Crippen molar-refractivity contribution in [2.24, 2.45) is 0 Å². The lowest BCUT2D eigenvalue weighted by atomic mass is 9.85. The molecule has 0 bridgehead atoms. The van der Waals surface area contributed by atoms with Crippen molar-refractivity contribution in [3.8, 4) is 0 Å². The van der Waals surface area contributed by atoms with Gasteiger partial charge < -0.3 is 5.11 Å². The second-order valence-corrected chi connectivity index (χ2v) is 5.11. The third-order valence-electron chi connectivity index (χ3n) is 2.94. The predicted molar refractivity (Wildman–Crippen MR) is 69.6 cm³/mol. The first kappa shape index (κ1) is 15.0. The first-order valence-electron chi connectivity index (χ1n) is 5.57. The van der Waals surface area contributed by atoms with Gasteiger partial charge in [-0.15, -0.1) is 0 Å². The topological polar surface area (TPSA) is 20.2 Å². The van der Waals surface area contributed by atoms with Gasteiger partial charge in [0.25, 0.3) is 0 Å². The summed E-state index contributed by atoms with van der Waals surface area (Å²) < 4.78 is 54.2. The highest BCUT2D eigenvalue weighted by Gasteiger charge is 2.57. The summed E-state index contributed by atoms with van der Waals surface area (Å²) >= 11 is 3.10. The molecule has 2 rings (SSSR count). The molecule has 106 valence electrons. The van der Waals surface area contributed by atoms with E-state index >= 15 is 0 Å². The molecule has 1 nitrogen and oxygen atoms in total. The largest absolute Gasteiger partial charge is 0.425 e. The summed E-state index contributed by atoms with van der Waals surface area (Å²) in [6, 6.07) is 9.22. The Morgan fingerprint density at radius 1 is 0.900 bits per heavy atom. The van der Waals surface area contributed by atoms with Crippen LogP contribution < -0.4 is 0 Å². The standard InChI is InChI=1S/C14H9BrF4O/c15-10-7-5-9(6-8-10)13(20,14(17,18)19)11-3-1-2-4-12(11)16/h1-8,20H. The van der Waals surface area contributed by atoms with E-state index in [4.69, 9.17) is 0 Å². The van der Waals surface area contributed by atoms with Crippen LogP contribution in [0.4, 0.5) is 17.6 Å². The highest BCUT2D eigenvalue weighted by Crippen LogP contribution is 2.45. The van der Waals surface area contributed by atoms with E-state index < -0.39 is 28.7 Å². The van der Waals surface area contributed by atoms with Gasteiger partial charge in [0.05, 0.1) is 0 Å². The van der Waals surface area contributed by atoms with Crippen LogP contribution >= 0.6 is 15.9 Å². The highest BCUT2D eigenvalue weighted by atomic mass is 79.9. The Morgan fingerprint density at radius 2 is 1.45 bits per heavy atom.